The van der Waals surface area contributed by atoms with Crippen molar-refractivity contribution in [2.75, 3.05) is 12.9 Å². The number of benzene rings is 2. The maximum atomic E-state index is 12.6. The fraction of sp³-hybridized carbons (Fsp3) is 0.217. The molecule has 1 N–H and O–H groups in total. The summed E-state index contributed by atoms with van der Waals surface area (Å²) in [6.45, 7) is 3.44. The van der Waals surface area contributed by atoms with E-state index in [1.807, 2.05) is 37.3 Å². The van der Waals surface area contributed by atoms with Crippen molar-refractivity contribution in [1.82, 2.24) is 5.01 Å². The summed E-state index contributed by atoms with van der Waals surface area (Å²) in [5, 5.41) is 13.5. The molecule has 1 unspecified atom stereocenters. The summed E-state index contributed by atoms with van der Waals surface area (Å²) in [7, 11) is -2.07. The third kappa shape index (κ3) is 4.62. The number of carbonyl (C=O) groups is 1. The van der Waals surface area contributed by atoms with Gasteiger partial charge in [0.05, 0.1) is 18.4 Å². The molecule has 2 aromatic carbocycles. The first kappa shape index (κ1) is 23.7. The first-order chi connectivity index (χ1) is 16.2. The maximum absolute atomic E-state index is 12.6. The zero-order valence-corrected chi connectivity index (χ0v) is 20.3. The standard InChI is InChI=1S/C23H22N4O5S2/c1-4-34(29,30)23-26-27-20(24)17(21(28)25-22(27)33-23)12-15-10-11-18(19(13-15)31-3)32-14(2)16-8-6-5-7-9-16/h5-14,24H,4H2,1-3H3/b17-12-,24-20?. The van der Waals surface area contributed by atoms with Gasteiger partial charge in [0.15, 0.2) is 17.3 Å². The number of ether oxygens (including phenoxy) is 2. The highest BCUT2D eigenvalue weighted by Crippen LogP contribution is 2.34. The van der Waals surface area contributed by atoms with Crippen molar-refractivity contribution in [3.8, 4) is 11.5 Å². The molecule has 4 rings (SSSR count). The van der Waals surface area contributed by atoms with Crippen LogP contribution in [-0.2, 0) is 14.6 Å². The molecular weight excluding hydrogens is 476 g/mol. The Morgan fingerprint density at radius 2 is 1.91 bits per heavy atom. The van der Waals surface area contributed by atoms with E-state index in [9.17, 15) is 13.2 Å². The van der Waals surface area contributed by atoms with Crippen LogP contribution in [-0.4, -0.2) is 47.6 Å². The summed E-state index contributed by atoms with van der Waals surface area (Å²) < 4.78 is 35.6. The molecule has 0 bridgehead atoms. The fourth-order valence-electron chi connectivity index (χ4n) is 3.24. The van der Waals surface area contributed by atoms with E-state index < -0.39 is 15.7 Å². The molecule has 0 aromatic heterocycles. The molecule has 9 nitrogen and oxygen atoms in total. The summed E-state index contributed by atoms with van der Waals surface area (Å²) in [5.41, 5.74) is 1.58. The largest absolute Gasteiger partial charge is 0.493 e. The summed E-state index contributed by atoms with van der Waals surface area (Å²) in [6, 6.07) is 14.9. The zero-order chi connectivity index (χ0) is 24.5. The molecule has 0 saturated heterocycles. The number of nitrogens with zero attached hydrogens (tertiary/aromatic N) is 3. The predicted molar refractivity (Wildman–Crippen MR) is 133 cm³/mol. The number of hydrogen-bond acceptors (Lipinski definition) is 8. The molecule has 0 spiro atoms. The second kappa shape index (κ2) is 9.43. The van der Waals surface area contributed by atoms with Crippen molar-refractivity contribution < 1.29 is 22.7 Å². The Labute approximate surface area is 201 Å². The monoisotopic (exact) mass is 498 g/mol. The van der Waals surface area contributed by atoms with E-state index >= 15 is 0 Å². The van der Waals surface area contributed by atoms with Gasteiger partial charge < -0.3 is 9.47 Å². The molecule has 34 heavy (non-hydrogen) atoms. The molecule has 2 aromatic rings. The number of methoxy groups -OCH3 is 1. The SMILES string of the molecule is CCS(=O)(=O)C1=NN2C(=N)/C(=C/c3ccc(OC(C)c4ccccc4)c(OC)c3)C(=O)N=C2S1. The third-order valence-corrected chi connectivity index (χ3v) is 8.24. The van der Waals surface area contributed by atoms with E-state index in [4.69, 9.17) is 14.9 Å². The van der Waals surface area contributed by atoms with E-state index in [0.717, 1.165) is 22.3 Å². The van der Waals surface area contributed by atoms with Crippen LogP contribution in [0.1, 0.15) is 31.1 Å². The number of hydrazone groups is 1. The van der Waals surface area contributed by atoms with Crippen molar-refractivity contribution >= 4 is 49.0 Å². The molecule has 0 fully saturated rings. The lowest BCUT2D eigenvalue weighted by molar-refractivity contribution is -0.114. The van der Waals surface area contributed by atoms with E-state index in [0.29, 0.717) is 17.1 Å². The Morgan fingerprint density at radius 1 is 1.18 bits per heavy atom. The van der Waals surface area contributed by atoms with Crippen LogP contribution in [0.2, 0.25) is 0 Å². The topological polar surface area (TPSA) is 121 Å². The molecular formula is C23H22N4O5S2. The van der Waals surface area contributed by atoms with Crippen LogP contribution < -0.4 is 9.47 Å². The number of hydrogen-bond donors (Lipinski definition) is 1. The summed E-state index contributed by atoms with van der Waals surface area (Å²) >= 11 is 0.766. The van der Waals surface area contributed by atoms with Crippen LogP contribution in [0.4, 0.5) is 0 Å². The Balaban J connectivity index is 1.60. The highest BCUT2D eigenvalue weighted by atomic mass is 32.3. The third-order valence-electron chi connectivity index (χ3n) is 5.15. The molecule has 0 aliphatic carbocycles. The minimum atomic E-state index is -3.58. The van der Waals surface area contributed by atoms with Gasteiger partial charge in [-0.1, -0.05) is 43.3 Å². The predicted octanol–water partition coefficient (Wildman–Crippen LogP) is 3.85. The van der Waals surface area contributed by atoms with Crippen molar-refractivity contribution in [2.45, 2.75) is 20.0 Å². The highest BCUT2D eigenvalue weighted by Gasteiger charge is 2.39. The number of thioether (sulfide) groups is 1. The Bertz CT molecular complexity index is 1350. The van der Waals surface area contributed by atoms with Crippen molar-refractivity contribution in [1.29, 1.82) is 5.41 Å². The Hall–Kier alpha value is -3.44. The van der Waals surface area contributed by atoms with Crippen LogP contribution >= 0.6 is 11.8 Å². The van der Waals surface area contributed by atoms with Crippen LogP contribution in [0.5, 0.6) is 11.5 Å². The van der Waals surface area contributed by atoms with Crippen molar-refractivity contribution in [2.24, 2.45) is 10.1 Å². The average Bonchev–Trinajstić information content (AvgIpc) is 3.28. The number of nitrogens with one attached hydrogen (secondary N) is 1. The zero-order valence-electron chi connectivity index (χ0n) is 18.7. The molecule has 2 aliphatic rings. The van der Waals surface area contributed by atoms with Gasteiger partial charge in [0.2, 0.25) is 19.4 Å². The molecule has 0 radical (unpaired) electrons. The van der Waals surface area contributed by atoms with Crippen LogP contribution in [0.15, 0.2) is 64.2 Å². The molecule has 0 saturated carbocycles. The molecule has 2 aliphatic heterocycles. The van der Waals surface area contributed by atoms with Crippen LogP contribution in [0, 0.1) is 5.41 Å². The summed E-state index contributed by atoms with van der Waals surface area (Å²) in [4.78, 5) is 16.5. The summed E-state index contributed by atoms with van der Waals surface area (Å²) in [6.07, 6.45) is 1.28. The minimum Gasteiger partial charge on any atom is -0.493 e. The van der Waals surface area contributed by atoms with Gasteiger partial charge in [-0.2, -0.15) is 10.0 Å². The van der Waals surface area contributed by atoms with E-state index in [-0.39, 0.29) is 32.8 Å². The van der Waals surface area contributed by atoms with Crippen LogP contribution in [0.3, 0.4) is 0 Å². The number of amides is 1. The molecule has 1 amide bonds. The van der Waals surface area contributed by atoms with Gasteiger partial charge in [0.1, 0.15) is 6.10 Å². The van der Waals surface area contributed by atoms with Gasteiger partial charge in [-0.3, -0.25) is 10.2 Å². The average molecular weight is 499 g/mol. The first-order valence-corrected chi connectivity index (χ1v) is 12.8. The normalized spacial score (nSPS) is 17.9. The lowest BCUT2D eigenvalue weighted by atomic mass is 10.1. The Kier molecular flexibility index (Phi) is 6.58. The fourth-order valence-corrected chi connectivity index (χ4v) is 5.41. The second-order valence-corrected chi connectivity index (χ2v) is 10.8. The number of rotatable bonds is 6. The van der Waals surface area contributed by atoms with E-state index in [1.165, 1.54) is 20.1 Å². The number of fused-ring (bicyclic) bond motifs is 1. The van der Waals surface area contributed by atoms with Crippen molar-refractivity contribution in [3.05, 3.63) is 65.2 Å². The number of carbonyl (C=O) groups excluding carboxylic acids is 1. The van der Waals surface area contributed by atoms with E-state index in [1.54, 1.807) is 18.2 Å². The highest BCUT2D eigenvalue weighted by molar-refractivity contribution is 8.42. The second-order valence-electron chi connectivity index (χ2n) is 7.37. The minimum absolute atomic E-state index is 0.0170. The summed E-state index contributed by atoms with van der Waals surface area (Å²) in [5.74, 6) is -0.0449. The smallest absolute Gasteiger partial charge is 0.283 e. The molecule has 1 atom stereocenters. The Morgan fingerprint density at radius 3 is 2.59 bits per heavy atom. The molecule has 11 heteroatoms. The number of sulfone groups is 1. The maximum Gasteiger partial charge on any atom is 0.283 e. The van der Waals surface area contributed by atoms with Gasteiger partial charge >= 0.3 is 0 Å². The lowest BCUT2D eigenvalue weighted by Crippen LogP contribution is -2.35. The van der Waals surface area contributed by atoms with Crippen LogP contribution in [0.25, 0.3) is 6.08 Å². The van der Waals surface area contributed by atoms with Gasteiger partial charge in [-0.25, -0.2) is 8.42 Å². The number of amidine groups is 2. The molecule has 176 valence electrons. The quantitative estimate of drug-likeness (QED) is 0.601. The van der Waals surface area contributed by atoms with Gasteiger partial charge in [0, 0.05) is 0 Å². The van der Waals surface area contributed by atoms with Gasteiger partial charge in [0.25, 0.3) is 5.91 Å². The molecule has 2 heterocycles. The van der Waals surface area contributed by atoms with Crippen molar-refractivity contribution in [3.63, 3.8) is 0 Å². The first-order valence-electron chi connectivity index (χ1n) is 10.4. The van der Waals surface area contributed by atoms with Gasteiger partial charge in [-0.05, 0) is 48.0 Å². The lowest BCUT2D eigenvalue weighted by Gasteiger charge is -2.20. The van der Waals surface area contributed by atoms with Gasteiger partial charge in [-0.15, -0.1) is 5.10 Å². The van der Waals surface area contributed by atoms with E-state index in [2.05, 4.69) is 10.1 Å². The number of aliphatic imine (C=N–C) groups is 1.